The number of nitrogens with zero attached hydrogens (tertiary/aromatic N) is 2. The Hall–Kier alpha value is -0.880. The van der Waals surface area contributed by atoms with Gasteiger partial charge in [0.2, 0.25) is 0 Å². The van der Waals surface area contributed by atoms with E-state index in [1.807, 2.05) is 16.9 Å². The van der Waals surface area contributed by atoms with E-state index in [4.69, 9.17) is 0 Å². The zero-order valence-corrected chi connectivity index (χ0v) is 13.2. The molecule has 0 unspecified atom stereocenters. The molecule has 90 valence electrons. The van der Waals surface area contributed by atoms with E-state index < -0.39 is 0 Å². The van der Waals surface area contributed by atoms with Crippen molar-refractivity contribution in [3.63, 3.8) is 0 Å². The predicted octanol–water partition coefficient (Wildman–Crippen LogP) is 4.45. The van der Waals surface area contributed by atoms with Gasteiger partial charge < -0.3 is 0 Å². The lowest BCUT2D eigenvalue weighted by atomic mass is 10.2. The molecule has 18 heavy (non-hydrogen) atoms. The second-order valence-corrected chi connectivity index (χ2v) is 6.30. The monoisotopic (exact) mass is 412 g/mol. The van der Waals surface area contributed by atoms with Gasteiger partial charge in [-0.05, 0) is 52.4 Å². The number of rotatable bonds is 2. The summed E-state index contributed by atoms with van der Waals surface area (Å²) in [6, 6.07) is 14.7. The van der Waals surface area contributed by atoms with Crippen LogP contribution in [0, 0.1) is 3.57 Å². The highest BCUT2D eigenvalue weighted by Gasteiger charge is 2.04. The standard InChI is InChI=1S/C14H10BrIN2/c15-12-3-1-2-10(6-12)9-18-14-7-13(16)5-4-11(14)8-17-18/h1-8H,9H2. The van der Waals surface area contributed by atoms with Gasteiger partial charge in [-0.15, -0.1) is 0 Å². The lowest BCUT2D eigenvalue weighted by molar-refractivity contribution is 0.712. The van der Waals surface area contributed by atoms with Crippen molar-refractivity contribution in [3.8, 4) is 0 Å². The lowest BCUT2D eigenvalue weighted by Gasteiger charge is -2.04. The molecule has 0 N–H and O–H groups in total. The van der Waals surface area contributed by atoms with Crippen molar-refractivity contribution in [2.75, 3.05) is 0 Å². The summed E-state index contributed by atoms with van der Waals surface area (Å²) >= 11 is 5.83. The first-order chi connectivity index (χ1) is 8.72. The number of hydrogen-bond donors (Lipinski definition) is 0. The highest BCUT2D eigenvalue weighted by molar-refractivity contribution is 14.1. The molecular weight excluding hydrogens is 403 g/mol. The maximum atomic E-state index is 4.46. The van der Waals surface area contributed by atoms with Gasteiger partial charge in [-0.3, -0.25) is 4.68 Å². The largest absolute Gasteiger partial charge is 0.260 e. The first kappa shape index (κ1) is 12.2. The second-order valence-electron chi connectivity index (χ2n) is 4.14. The maximum Gasteiger partial charge on any atom is 0.0696 e. The third-order valence-electron chi connectivity index (χ3n) is 2.83. The van der Waals surface area contributed by atoms with Crippen LogP contribution >= 0.6 is 38.5 Å². The molecule has 0 saturated carbocycles. The molecule has 0 radical (unpaired) electrons. The first-order valence-electron chi connectivity index (χ1n) is 5.58. The van der Waals surface area contributed by atoms with Crippen molar-refractivity contribution in [3.05, 3.63) is 62.3 Å². The van der Waals surface area contributed by atoms with E-state index >= 15 is 0 Å². The van der Waals surface area contributed by atoms with Gasteiger partial charge in [-0.1, -0.05) is 34.1 Å². The molecule has 1 heterocycles. The number of benzene rings is 2. The third-order valence-corrected chi connectivity index (χ3v) is 3.99. The van der Waals surface area contributed by atoms with Crippen LogP contribution in [0.3, 0.4) is 0 Å². The van der Waals surface area contributed by atoms with E-state index in [1.165, 1.54) is 20.0 Å². The van der Waals surface area contributed by atoms with E-state index in [2.05, 4.69) is 80.0 Å². The van der Waals surface area contributed by atoms with Gasteiger partial charge in [0.05, 0.1) is 18.3 Å². The van der Waals surface area contributed by atoms with Crippen LogP contribution < -0.4 is 0 Å². The molecule has 2 nitrogen and oxygen atoms in total. The smallest absolute Gasteiger partial charge is 0.0696 e. The minimum absolute atomic E-state index is 0.795. The Bertz CT molecular complexity index is 706. The first-order valence-corrected chi connectivity index (χ1v) is 7.45. The van der Waals surface area contributed by atoms with Crippen molar-refractivity contribution in [1.82, 2.24) is 9.78 Å². The van der Waals surface area contributed by atoms with Crippen LogP contribution in [0.15, 0.2) is 53.1 Å². The van der Waals surface area contributed by atoms with E-state index in [1.54, 1.807) is 0 Å². The minimum atomic E-state index is 0.795. The van der Waals surface area contributed by atoms with Crippen LogP contribution in [0.25, 0.3) is 10.9 Å². The summed E-state index contributed by atoms with van der Waals surface area (Å²) in [6.07, 6.45) is 1.92. The minimum Gasteiger partial charge on any atom is -0.260 e. The third kappa shape index (κ3) is 2.44. The summed E-state index contributed by atoms with van der Waals surface area (Å²) in [7, 11) is 0. The summed E-state index contributed by atoms with van der Waals surface area (Å²) in [6.45, 7) is 0.795. The van der Waals surface area contributed by atoms with Crippen LogP contribution in [0.5, 0.6) is 0 Å². The Morgan fingerprint density at radius 3 is 2.89 bits per heavy atom. The predicted molar refractivity (Wildman–Crippen MR) is 85.7 cm³/mol. The van der Waals surface area contributed by atoms with Crippen molar-refractivity contribution in [1.29, 1.82) is 0 Å². The fourth-order valence-electron chi connectivity index (χ4n) is 1.98. The fraction of sp³-hybridized carbons (Fsp3) is 0.0714. The van der Waals surface area contributed by atoms with Crippen molar-refractivity contribution >= 4 is 49.4 Å². The number of fused-ring (bicyclic) bond motifs is 1. The summed E-state index contributed by atoms with van der Waals surface area (Å²) in [5.74, 6) is 0. The van der Waals surface area contributed by atoms with Crippen LogP contribution in [0.1, 0.15) is 5.56 Å². The summed E-state index contributed by atoms with van der Waals surface area (Å²) in [5.41, 5.74) is 2.43. The maximum absolute atomic E-state index is 4.46. The molecule has 0 bridgehead atoms. The summed E-state index contributed by atoms with van der Waals surface area (Å²) < 4.78 is 4.38. The van der Waals surface area contributed by atoms with Crippen LogP contribution in [-0.4, -0.2) is 9.78 Å². The van der Waals surface area contributed by atoms with Gasteiger partial charge >= 0.3 is 0 Å². The van der Waals surface area contributed by atoms with E-state index in [0.29, 0.717) is 0 Å². The van der Waals surface area contributed by atoms with Gasteiger partial charge in [-0.2, -0.15) is 5.10 Å². The Balaban J connectivity index is 2.02. The molecular formula is C14H10BrIN2. The lowest BCUT2D eigenvalue weighted by Crippen LogP contribution is -2.01. The molecule has 0 saturated heterocycles. The number of halogens is 2. The van der Waals surface area contributed by atoms with E-state index in [-0.39, 0.29) is 0 Å². The molecule has 0 amide bonds. The molecule has 4 heteroatoms. The fourth-order valence-corrected chi connectivity index (χ4v) is 2.90. The molecule has 1 aromatic heterocycles. The summed E-state index contributed by atoms with van der Waals surface area (Å²) in [4.78, 5) is 0. The van der Waals surface area contributed by atoms with Crippen molar-refractivity contribution in [2.45, 2.75) is 6.54 Å². The van der Waals surface area contributed by atoms with E-state index in [0.717, 1.165) is 11.0 Å². The Morgan fingerprint density at radius 2 is 2.06 bits per heavy atom. The molecule has 0 atom stereocenters. The average molecular weight is 413 g/mol. The summed E-state index contributed by atoms with van der Waals surface area (Å²) in [5, 5.41) is 5.64. The normalized spacial score (nSPS) is 11.0. The SMILES string of the molecule is Brc1cccc(Cn2ncc3ccc(I)cc32)c1. The quantitative estimate of drug-likeness (QED) is 0.568. The average Bonchev–Trinajstić information content (AvgIpc) is 2.72. The zero-order chi connectivity index (χ0) is 12.5. The van der Waals surface area contributed by atoms with Gasteiger partial charge in [0.1, 0.15) is 0 Å². The van der Waals surface area contributed by atoms with Crippen LogP contribution in [-0.2, 0) is 6.54 Å². The van der Waals surface area contributed by atoms with Gasteiger partial charge in [0.15, 0.2) is 0 Å². The zero-order valence-electron chi connectivity index (χ0n) is 9.48. The molecule has 3 aromatic rings. The molecule has 0 aliphatic rings. The molecule has 0 fully saturated rings. The Morgan fingerprint density at radius 1 is 1.17 bits per heavy atom. The molecule has 0 spiro atoms. The second kappa shape index (κ2) is 5.01. The number of aromatic nitrogens is 2. The van der Waals surface area contributed by atoms with Crippen molar-refractivity contribution in [2.24, 2.45) is 0 Å². The molecule has 0 aliphatic carbocycles. The molecule has 2 aromatic carbocycles. The number of hydrogen-bond acceptors (Lipinski definition) is 1. The molecule has 3 rings (SSSR count). The van der Waals surface area contributed by atoms with Gasteiger partial charge in [-0.25, -0.2) is 0 Å². The Labute approximate surface area is 127 Å². The van der Waals surface area contributed by atoms with Crippen LogP contribution in [0.4, 0.5) is 0 Å². The van der Waals surface area contributed by atoms with Gasteiger partial charge in [0, 0.05) is 13.4 Å². The van der Waals surface area contributed by atoms with Crippen molar-refractivity contribution < 1.29 is 0 Å². The molecule has 0 aliphatic heterocycles. The van der Waals surface area contributed by atoms with Gasteiger partial charge in [0.25, 0.3) is 0 Å². The van der Waals surface area contributed by atoms with Crippen LogP contribution in [0.2, 0.25) is 0 Å². The topological polar surface area (TPSA) is 17.8 Å². The highest BCUT2D eigenvalue weighted by Crippen LogP contribution is 2.19. The van der Waals surface area contributed by atoms with E-state index in [9.17, 15) is 0 Å². The Kier molecular flexibility index (Phi) is 3.39. The highest BCUT2D eigenvalue weighted by atomic mass is 127.